The fourth-order valence-electron chi connectivity index (χ4n) is 8.35. The summed E-state index contributed by atoms with van der Waals surface area (Å²) < 4.78 is 5.87. The first-order valence-corrected chi connectivity index (χ1v) is 23.9. The molecule has 0 aromatic heterocycles. The van der Waals surface area contributed by atoms with Crippen LogP contribution in [0.5, 0.6) is 5.75 Å². The van der Waals surface area contributed by atoms with Crippen molar-refractivity contribution < 1.29 is 63.2 Å². The Morgan fingerprint density at radius 1 is 0.829 bits per heavy atom. The van der Waals surface area contributed by atoms with Gasteiger partial charge in [0.25, 0.3) is 0 Å². The molecule has 70 heavy (non-hydrogen) atoms. The lowest BCUT2D eigenvalue weighted by Crippen LogP contribution is -2.65. The fraction of sp³-hybridized carbons (Fsp3) is 0.571. The van der Waals surface area contributed by atoms with E-state index in [-0.39, 0.29) is 37.9 Å². The summed E-state index contributed by atoms with van der Waals surface area (Å²) in [5.74, 6) is -8.85. The van der Waals surface area contributed by atoms with E-state index in [9.17, 15) is 53.7 Å². The number of nitrogens with two attached hydrogens (primary N) is 1. The van der Waals surface area contributed by atoms with Gasteiger partial charge in [-0.2, -0.15) is 0 Å². The number of amides is 8. The molecule has 4 rings (SSSR count). The summed E-state index contributed by atoms with van der Waals surface area (Å²) in [6.07, 6.45) is -3.68. The number of carbonyl (C=O) groups excluding carboxylic acids is 9. The normalized spacial score (nSPS) is 25.4. The van der Waals surface area contributed by atoms with E-state index in [1.54, 1.807) is 56.3 Å². The number of aliphatic hydroxyl groups is 2. The Hall–Kier alpha value is -6.61. The number of aliphatic hydroxyl groups excluding tert-OH is 2. The summed E-state index contributed by atoms with van der Waals surface area (Å²) in [6.45, 7) is 7.83. The molecule has 2 fully saturated rings. The van der Waals surface area contributed by atoms with Gasteiger partial charge in [-0.3, -0.25) is 38.4 Å². The molecule has 0 saturated carbocycles. The number of hydrogen-bond donors (Lipinski definition) is 9. The SMILES string of the molecule is CCCCCC(=O)N[C@@H](C(=O)N[C@@H]1C(=O)N[C@@H](CCC(N)=O)C(=O)N[C@H]2CC[C@@H](O)N(C2=O)[C@@H](Cc2ccccc2)C(=O)N(C)[C@@H](Cc2ccc(O)cc2)C(=O)N[C@@H]([C@H](C)CC)C(=O)O[C@@H]1C)[C@H](C)O. The smallest absolute Gasteiger partial charge is 0.329 e. The number of esters is 1. The Balaban J connectivity index is 1.88. The van der Waals surface area contributed by atoms with Gasteiger partial charge in [0.05, 0.1) is 6.10 Å². The second-order valence-corrected chi connectivity index (χ2v) is 18.2. The number of unbranched alkanes of at least 4 members (excludes halogenated alkanes) is 2. The van der Waals surface area contributed by atoms with Gasteiger partial charge in [-0.05, 0) is 68.7 Å². The average molecular weight is 979 g/mol. The van der Waals surface area contributed by atoms with Crippen LogP contribution in [0.15, 0.2) is 54.6 Å². The van der Waals surface area contributed by atoms with Crippen molar-refractivity contribution >= 4 is 53.2 Å². The number of phenols is 1. The number of likely N-dealkylation sites (N-methyl/N-ethyl adjacent to an activating group) is 1. The van der Waals surface area contributed by atoms with Crippen molar-refractivity contribution in [3.63, 3.8) is 0 Å². The lowest BCUT2D eigenvalue weighted by molar-refractivity contribution is -0.165. The van der Waals surface area contributed by atoms with Crippen molar-refractivity contribution in [3.05, 3.63) is 65.7 Å². The number of benzene rings is 2. The highest BCUT2D eigenvalue weighted by atomic mass is 16.5. The summed E-state index contributed by atoms with van der Waals surface area (Å²) in [5, 5.41) is 45.0. The molecule has 0 aliphatic carbocycles. The second-order valence-electron chi connectivity index (χ2n) is 18.2. The molecule has 2 aliphatic rings. The topological polar surface area (TPSA) is 316 Å². The van der Waals surface area contributed by atoms with Gasteiger partial charge >= 0.3 is 5.97 Å². The van der Waals surface area contributed by atoms with Crippen LogP contribution in [0.2, 0.25) is 0 Å². The van der Waals surface area contributed by atoms with Gasteiger partial charge in [0.1, 0.15) is 60.4 Å². The largest absolute Gasteiger partial charge is 0.508 e. The molecule has 2 bridgehead atoms. The predicted octanol–water partition coefficient (Wildman–Crippen LogP) is -0.0442. The average Bonchev–Trinajstić information content (AvgIpc) is 3.32. The predicted molar refractivity (Wildman–Crippen MR) is 253 cm³/mol. The Morgan fingerprint density at radius 2 is 1.47 bits per heavy atom. The van der Waals surface area contributed by atoms with Gasteiger partial charge in [0.2, 0.25) is 47.3 Å². The summed E-state index contributed by atoms with van der Waals surface area (Å²) in [4.78, 5) is 128. The van der Waals surface area contributed by atoms with Crippen molar-refractivity contribution in [2.75, 3.05) is 7.05 Å². The van der Waals surface area contributed by atoms with Crippen LogP contribution in [0.1, 0.15) is 104 Å². The highest BCUT2D eigenvalue weighted by molar-refractivity contribution is 5.98. The molecule has 0 spiro atoms. The standard InChI is InChI=1S/C49H70N8O13/c1-7-9-11-16-38(61)53-41(28(4)58)45(65)55-42-29(5)70-49(69)40(27(3)8-2)54-44(64)35(25-31-17-19-32(59)20-18-31)56(6)48(68)36(26-30-14-12-10-13-15-30)57-39(62)24-22-34(47(57)67)52-43(63)33(51-46(42)66)21-23-37(50)60/h10,12-15,17-20,27-29,33-36,39-42,58-59,62H,7-9,11,16,21-26H2,1-6H3,(H2,50,60)(H,51,66)(H,52,63)(H,53,61)(H,54,64)(H,55,65)/t27-,28+,29-,33+,34+,35+,36+,39-,40+,41-,42+/m1/s1. The van der Waals surface area contributed by atoms with Crippen LogP contribution in [0.4, 0.5) is 0 Å². The van der Waals surface area contributed by atoms with E-state index in [4.69, 9.17) is 10.5 Å². The minimum Gasteiger partial charge on any atom is -0.508 e. The van der Waals surface area contributed by atoms with Crippen molar-refractivity contribution in [2.45, 2.75) is 166 Å². The molecule has 2 heterocycles. The highest BCUT2D eigenvalue weighted by Crippen LogP contribution is 2.26. The minimum absolute atomic E-state index is 0.0370. The highest BCUT2D eigenvalue weighted by Gasteiger charge is 2.46. The monoisotopic (exact) mass is 979 g/mol. The van der Waals surface area contributed by atoms with Crippen LogP contribution in [0, 0.1) is 5.92 Å². The maximum Gasteiger partial charge on any atom is 0.329 e. The maximum atomic E-state index is 15.0. The van der Waals surface area contributed by atoms with Crippen LogP contribution in [-0.2, 0) is 60.7 Å². The molecule has 0 radical (unpaired) electrons. The number of piperidine rings is 1. The zero-order chi connectivity index (χ0) is 51.8. The minimum atomic E-state index is -1.86. The number of phenolic OH excluding ortho intramolecular Hbond substituents is 1. The van der Waals surface area contributed by atoms with Crippen molar-refractivity contribution in [1.29, 1.82) is 0 Å². The lowest BCUT2D eigenvalue weighted by Gasteiger charge is -2.43. The molecule has 0 unspecified atom stereocenters. The van der Waals surface area contributed by atoms with E-state index in [0.717, 1.165) is 22.6 Å². The van der Waals surface area contributed by atoms with Crippen molar-refractivity contribution in [3.8, 4) is 5.75 Å². The second kappa shape index (κ2) is 26.4. The fourth-order valence-corrected chi connectivity index (χ4v) is 8.35. The molecule has 10 N–H and O–H groups in total. The van der Waals surface area contributed by atoms with Crippen LogP contribution in [0.25, 0.3) is 0 Å². The van der Waals surface area contributed by atoms with Gasteiger partial charge in [0.15, 0.2) is 0 Å². The molecular weight excluding hydrogens is 909 g/mol. The van der Waals surface area contributed by atoms with E-state index in [1.165, 1.54) is 33.0 Å². The van der Waals surface area contributed by atoms with E-state index in [2.05, 4.69) is 26.6 Å². The number of ether oxygens (including phenoxy) is 1. The van der Waals surface area contributed by atoms with Gasteiger partial charge in [-0.15, -0.1) is 0 Å². The quantitative estimate of drug-likeness (QED) is 0.0744. The first-order valence-electron chi connectivity index (χ1n) is 23.9. The molecule has 11 atom stereocenters. The first kappa shape index (κ1) is 56.0. The molecule has 2 aromatic carbocycles. The van der Waals surface area contributed by atoms with Crippen molar-refractivity contribution in [2.24, 2.45) is 11.7 Å². The zero-order valence-corrected chi connectivity index (χ0v) is 40.7. The number of carbonyl (C=O) groups is 9. The molecule has 2 aliphatic heterocycles. The zero-order valence-electron chi connectivity index (χ0n) is 40.7. The van der Waals surface area contributed by atoms with Gasteiger partial charge in [-0.1, -0.05) is 82.5 Å². The molecule has 21 heteroatoms. The van der Waals surface area contributed by atoms with Crippen LogP contribution in [0.3, 0.4) is 0 Å². The number of aromatic hydroxyl groups is 1. The molecule has 8 amide bonds. The summed E-state index contributed by atoms with van der Waals surface area (Å²) in [6, 6.07) is 3.69. The van der Waals surface area contributed by atoms with E-state index in [0.29, 0.717) is 24.0 Å². The Labute approximate surface area is 408 Å². The number of rotatable bonds is 17. The number of fused-ring (bicyclic) bond motifs is 2. The third-order valence-electron chi connectivity index (χ3n) is 12.8. The summed E-state index contributed by atoms with van der Waals surface area (Å²) >= 11 is 0. The van der Waals surface area contributed by atoms with Crippen LogP contribution >= 0.6 is 0 Å². The summed E-state index contributed by atoms with van der Waals surface area (Å²) in [5.41, 5.74) is 6.53. The van der Waals surface area contributed by atoms with Gasteiger partial charge in [0, 0.05) is 32.7 Å². The Morgan fingerprint density at radius 3 is 2.09 bits per heavy atom. The number of hydrogen-bond acceptors (Lipinski definition) is 13. The number of cyclic esters (lactones) is 1. The Kier molecular flexibility index (Phi) is 21.1. The summed E-state index contributed by atoms with van der Waals surface area (Å²) in [7, 11) is 1.34. The molecule has 21 nitrogen and oxygen atoms in total. The maximum absolute atomic E-state index is 15.0. The van der Waals surface area contributed by atoms with Gasteiger partial charge in [-0.25, -0.2) is 4.79 Å². The molecule has 384 valence electrons. The first-order chi connectivity index (χ1) is 33.2. The number of primary amides is 1. The molecule has 2 saturated heterocycles. The van der Waals surface area contributed by atoms with Crippen LogP contribution < -0.4 is 32.3 Å². The van der Waals surface area contributed by atoms with E-state index in [1.807, 2.05) is 6.92 Å². The number of nitrogens with zero attached hydrogens (tertiary/aromatic N) is 2. The van der Waals surface area contributed by atoms with Gasteiger partial charge < -0.3 is 62.2 Å². The lowest BCUT2D eigenvalue weighted by atomic mass is 9.95. The Bertz CT molecular complexity index is 2160. The van der Waals surface area contributed by atoms with Crippen molar-refractivity contribution in [1.82, 2.24) is 36.4 Å². The van der Waals surface area contributed by atoms with Crippen LogP contribution in [-0.4, -0.2) is 146 Å². The third-order valence-corrected chi connectivity index (χ3v) is 12.8. The third kappa shape index (κ3) is 15.4. The van der Waals surface area contributed by atoms with E-state index >= 15 is 4.79 Å². The molecular formula is C49H70N8O13. The molecule has 2 aromatic rings. The number of nitrogens with one attached hydrogen (secondary N) is 5. The van der Waals surface area contributed by atoms with E-state index < -0.39 is 133 Å².